The summed E-state index contributed by atoms with van der Waals surface area (Å²) < 4.78 is 0. The first-order valence-electron chi connectivity index (χ1n) is 6.20. The fourth-order valence-electron chi connectivity index (χ4n) is 1.81. The summed E-state index contributed by atoms with van der Waals surface area (Å²) in [4.78, 5) is 16.3. The van der Waals surface area contributed by atoms with Gasteiger partial charge in [0.1, 0.15) is 5.01 Å². The molecule has 0 aromatic carbocycles. The molecule has 0 saturated carbocycles. The molecular formula is C13H23N3OS. The topological polar surface area (TPSA) is 68.0 Å². The predicted molar refractivity (Wildman–Crippen MR) is 75.3 cm³/mol. The van der Waals surface area contributed by atoms with Crippen LogP contribution in [0.1, 0.15) is 37.9 Å². The minimum Gasteiger partial charge on any atom is -0.349 e. The average Bonchev–Trinajstić information content (AvgIpc) is 2.67. The smallest absolute Gasteiger partial charge is 0.224 e. The molecule has 0 fully saturated rings. The second-order valence-electron chi connectivity index (χ2n) is 5.80. The molecule has 1 aromatic rings. The molecule has 4 nitrogen and oxygen atoms in total. The molecule has 0 aliphatic carbocycles. The average molecular weight is 269 g/mol. The van der Waals surface area contributed by atoms with Crippen LogP contribution in [-0.2, 0) is 11.3 Å². The Kier molecular flexibility index (Phi) is 5.28. The summed E-state index contributed by atoms with van der Waals surface area (Å²) in [6.45, 7) is 9.19. The summed E-state index contributed by atoms with van der Waals surface area (Å²) in [5.74, 6) is -0.0914. The van der Waals surface area contributed by atoms with Crippen molar-refractivity contribution in [2.24, 2.45) is 17.1 Å². The molecule has 5 heteroatoms. The number of rotatable bonds is 5. The van der Waals surface area contributed by atoms with Crippen LogP contribution in [0.25, 0.3) is 0 Å². The van der Waals surface area contributed by atoms with Crippen LogP contribution in [0.3, 0.4) is 0 Å². The Balaban J connectivity index is 2.47. The largest absolute Gasteiger partial charge is 0.349 e. The zero-order chi connectivity index (χ0) is 13.8. The number of thiazole rings is 1. The molecule has 0 bridgehead atoms. The van der Waals surface area contributed by atoms with Crippen molar-refractivity contribution >= 4 is 17.2 Å². The van der Waals surface area contributed by atoms with Gasteiger partial charge in [-0.05, 0) is 18.8 Å². The lowest BCUT2D eigenvalue weighted by Crippen LogP contribution is -2.36. The first-order chi connectivity index (χ1) is 8.31. The minimum absolute atomic E-state index is 0.0280. The zero-order valence-corrected chi connectivity index (χ0v) is 12.4. The van der Waals surface area contributed by atoms with Crippen molar-refractivity contribution in [3.05, 3.63) is 16.1 Å². The molecule has 1 rings (SSSR count). The van der Waals surface area contributed by atoms with E-state index >= 15 is 0 Å². The maximum Gasteiger partial charge on any atom is 0.224 e. The minimum atomic E-state index is -0.119. The number of hydrogen-bond acceptors (Lipinski definition) is 4. The van der Waals surface area contributed by atoms with E-state index in [1.54, 1.807) is 11.3 Å². The van der Waals surface area contributed by atoms with Gasteiger partial charge in [0.05, 0.1) is 12.5 Å². The van der Waals surface area contributed by atoms with Crippen LogP contribution in [0.4, 0.5) is 0 Å². The summed E-state index contributed by atoms with van der Waals surface area (Å²) in [6, 6.07) is 0. The standard InChI is InChI=1S/C13H23N3OS/c1-9-8-18-11(16-9)7-15-12(17)10(6-14)5-13(2,3)4/h8,10H,5-7,14H2,1-4H3,(H,15,17). The highest BCUT2D eigenvalue weighted by molar-refractivity contribution is 7.09. The lowest BCUT2D eigenvalue weighted by Gasteiger charge is -2.24. The van der Waals surface area contributed by atoms with E-state index in [2.05, 4.69) is 31.1 Å². The number of aromatic nitrogens is 1. The van der Waals surface area contributed by atoms with E-state index in [4.69, 9.17) is 5.73 Å². The van der Waals surface area contributed by atoms with Crippen LogP contribution in [0, 0.1) is 18.3 Å². The van der Waals surface area contributed by atoms with E-state index in [0.717, 1.165) is 17.1 Å². The van der Waals surface area contributed by atoms with Gasteiger partial charge in [-0.25, -0.2) is 4.98 Å². The molecule has 0 saturated heterocycles. The summed E-state index contributed by atoms with van der Waals surface area (Å²) >= 11 is 1.57. The molecular weight excluding hydrogens is 246 g/mol. The van der Waals surface area contributed by atoms with Gasteiger partial charge >= 0.3 is 0 Å². The number of carbonyl (C=O) groups excluding carboxylic acids is 1. The highest BCUT2D eigenvalue weighted by Crippen LogP contribution is 2.24. The Hall–Kier alpha value is -0.940. The number of aryl methyl sites for hydroxylation is 1. The second-order valence-corrected chi connectivity index (χ2v) is 6.74. The Labute approximate surface area is 113 Å². The number of carbonyl (C=O) groups is 1. The summed E-state index contributed by atoms with van der Waals surface area (Å²) in [5, 5.41) is 5.84. The van der Waals surface area contributed by atoms with E-state index in [1.165, 1.54) is 0 Å². The Morgan fingerprint density at radius 3 is 2.67 bits per heavy atom. The number of nitrogens with two attached hydrogens (primary N) is 1. The van der Waals surface area contributed by atoms with Gasteiger partial charge in [0.15, 0.2) is 0 Å². The van der Waals surface area contributed by atoms with Gasteiger partial charge in [-0.15, -0.1) is 11.3 Å². The molecule has 3 N–H and O–H groups in total. The summed E-state index contributed by atoms with van der Waals surface area (Å²) in [7, 11) is 0. The molecule has 1 amide bonds. The van der Waals surface area contributed by atoms with Gasteiger partial charge in [-0.3, -0.25) is 4.79 Å². The first kappa shape index (κ1) is 15.1. The second kappa shape index (κ2) is 6.29. The van der Waals surface area contributed by atoms with Gasteiger partial charge in [0.25, 0.3) is 0 Å². The van der Waals surface area contributed by atoms with Crippen molar-refractivity contribution in [3.8, 4) is 0 Å². The lowest BCUT2D eigenvalue weighted by atomic mass is 9.84. The molecule has 1 heterocycles. The fraction of sp³-hybridized carbons (Fsp3) is 0.692. The molecule has 0 radical (unpaired) electrons. The van der Waals surface area contributed by atoms with E-state index in [9.17, 15) is 4.79 Å². The first-order valence-corrected chi connectivity index (χ1v) is 7.08. The molecule has 0 aliphatic heterocycles. The third-order valence-electron chi connectivity index (χ3n) is 2.59. The normalized spacial score (nSPS) is 13.4. The molecule has 1 atom stereocenters. The molecule has 1 unspecified atom stereocenters. The van der Waals surface area contributed by atoms with E-state index < -0.39 is 0 Å². The maximum absolute atomic E-state index is 12.0. The summed E-state index contributed by atoms with van der Waals surface area (Å²) in [5.41, 5.74) is 6.79. The highest BCUT2D eigenvalue weighted by atomic mass is 32.1. The molecule has 18 heavy (non-hydrogen) atoms. The van der Waals surface area contributed by atoms with Gasteiger partial charge in [-0.1, -0.05) is 20.8 Å². The van der Waals surface area contributed by atoms with Crippen molar-refractivity contribution in [1.82, 2.24) is 10.3 Å². The molecule has 0 spiro atoms. The Morgan fingerprint density at radius 1 is 1.56 bits per heavy atom. The van der Waals surface area contributed by atoms with Crippen molar-refractivity contribution in [2.45, 2.75) is 40.7 Å². The van der Waals surface area contributed by atoms with Crippen LogP contribution >= 0.6 is 11.3 Å². The lowest BCUT2D eigenvalue weighted by molar-refractivity contribution is -0.125. The number of nitrogens with zero attached hydrogens (tertiary/aromatic N) is 1. The van der Waals surface area contributed by atoms with Crippen LogP contribution in [0.15, 0.2) is 5.38 Å². The van der Waals surface area contributed by atoms with Gasteiger partial charge in [0, 0.05) is 17.6 Å². The predicted octanol–water partition coefficient (Wildman–Crippen LogP) is 2.08. The van der Waals surface area contributed by atoms with E-state index in [1.807, 2.05) is 12.3 Å². The van der Waals surface area contributed by atoms with E-state index in [0.29, 0.717) is 13.1 Å². The van der Waals surface area contributed by atoms with Crippen molar-refractivity contribution in [1.29, 1.82) is 0 Å². The van der Waals surface area contributed by atoms with Crippen LogP contribution in [0.2, 0.25) is 0 Å². The van der Waals surface area contributed by atoms with Gasteiger partial charge in [-0.2, -0.15) is 0 Å². The van der Waals surface area contributed by atoms with Crippen molar-refractivity contribution in [2.75, 3.05) is 6.54 Å². The zero-order valence-electron chi connectivity index (χ0n) is 11.6. The molecule has 102 valence electrons. The Morgan fingerprint density at radius 2 is 2.22 bits per heavy atom. The third kappa shape index (κ3) is 5.14. The maximum atomic E-state index is 12.0. The quantitative estimate of drug-likeness (QED) is 0.860. The van der Waals surface area contributed by atoms with Crippen LogP contribution < -0.4 is 11.1 Å². The van der Waals surface area contributed by atoms with E-state index in [-0.39, 0.29) is 17.2 Å². The van der Waals surface area contributed by atoms with Crippen molar-refractivity contribution < 1.29 is 4.79 Å². The van der Waals surface area contributed by atoms with Crippen LogP contribution in [-0.4, -0.2) is 17.4 Å². The summed E-state index contributed by atoms with van der Waals surface area (Å²) in [6.07, 6.45) is 0.798. The van der Waals surface area contributed by atoms with Crippen LogP contribution in [0.5, 0.6) is 0 Å². The van der Waals surface area contributed by atoms with Crippen molar-refractivity contribution in [3.63, 3.8) is 0 Å². The monoisotopic (exact) mass is 269 g/mol. The van der Waals surface area contributed by atoms with Gasteiger partial charge in [0.2, 0.25) is 5.91 Å². The number of hydrogen-bond donors (Lipinski definition) is 2. The number of amides is 1. The third-order valence-corrected chi connectivity index (χ3v) is 3.56. The molecule has 0 aliphatic rings. The highest BCUT2D eigenvalue weighted by Gasteiger charge is 2.23. The van der Waals surface area contributed by atoms with Gasteiger partial charge < -0.3 is 11.1 Å². The molecule has 1 aromatic heterocycles. The fourth-order valence-corrected chi connectivity index (χ4v) is 2.52. The number of nitrogens with one attached hydrogen (secondary N) is 1. The SMILES string of the molecule is Cc1csc(CNC(=O)C(CN)CC(C)(C)C)n1. The Bertz CT molecular complexity index is 395.